The first-order chi connectivity index (χ1) is 19.3. The molecule has 1 heteroatoms. The zero-order valence-electron chi connectivity index (χ0n) is 21.4. The molecule has 6 aromatic carbocycles. The van der Waals surface area contributed by atoms with Gasteiger partial charge in [0.25, 0.3) is 0 Å². The summed E-state index contributed by atoms with van der Waals surface area (Å²) in [6.07, 6.45) is 7.03. The minimum atomic E-state index is 0.360. The van der Waals surface area contributed by atoms with Crippen LogP contribution in [0, 0.1) is 0 Å². The minimum absolute atomic E-state index is 0.360. The molecule has 0 nitrogen and oxygen atoms in total. The zero-order chi connectivity index (χ0) is 25.8. The lowest BCUT2D eigenvalue weighted by Gasteiger charge is -2.25. The average Bonchev–Trinajstić information content (AvgIpc) is 3.40. The van der Waals surface area contributed by atoms with Crippen LogP contribution in [0.1, 0.15) is 17.0 Å². The van der Waals surface area contributed by atoms with Gasteiger partial charge in [0.1, 0.15) is 0 Å². The maximum absolute atomic E-state index is 2.41. The Labute approximate surface area is 233 Å². The fourth-order valence-electron chi connectivity index (χ4n) is 6.38. The molecule has 0 radical (unpaired) electrons. The molecule has 1 aliphatic heterocycles. The molecule has 2 unspecified atom stereocenters. The Balaban J connectivity index is 1.21. The van der Waals surface area contributed by atoms with Crippen LogP contribution in [0.2, 0.25) is 0 Å². The number of rotatable bonds is 3. The topological polar surface area (TPSA) is 0 Å². The molecule has 0 saturated heterocycles. The Hall–Kier alpha value is -4.33. The average molecular weight is 515 g/mol. The van der Waals surface area contributed by atoms with E-state index in [1.165, 1.54) is 65.4 Å². The molecule has 0 amide bonds. The molecule has 0 fully saturated rings. The number of hydrogen-bond donors (Lipinski definition) is 0. The molecule has 39 heavy (non-hydrogen) atoms. The van der Waals surface area contributed by atoms with Gasteiger partial charge in [-0.1, -0.05) is 140 Å². The van der Waals surface area contributed by atoms with Crippen molar-refractivity contribution in [3.8, 4) is 22.3 Å². The van der Waals surface area contributed by atoms with Crippen LogP contribution < -0.4 is 0 Å². The van der Waals surface area contributed by atoms with E-state index in [0.717, 1.165) is 0 Å². The van der Waals surface area contributed by atoms with Gasteiger partial charge in [-0.05, 0) is 66.6 Å². The molecule has 1 aliphatic carbocycles. The van der Waals surface area contributed by atoms with Gasteiger partial charge in [-0.3, -0.25) is 0 Å². The van der Waals surface area contributed by atoms with Crippen molar-refractivity contribution in [2.45, 2.75) is 16.1 Å². The fourth-order valence-corrected chi connectivity index (χ4v) is 8.01. The highest BCUT2D eigenvalue weighted by Crippen LogP contribution is 2.56. The van der Waals surface area contributed by atoms with Gasteiger partial charge in [-0.25, -0.2) is 0 Å². The van der Waals surface area contributed by atoms with Crippen molar-refractivity contribution in [3.05, 3.63) is 157 Å². The first-order valence-corrected chi connectivity index (χ1v) is 14.5. The van der Waals surface area contributed by atoms with Crippen LogP contribution in [0.25, 0.3) is 49.4 Å². The van der Waals surface area contributed by atoms with Gasteiger partial charge in [-0.2, -0.15) is 0 Å². The molecular weight excluding hydrogens is 488 g/mol. The van der Waals surface area contributed by atoms with Crippen LogP contribution in [0.15, 0.2) is 151 Å². The van der Waals surface area contributed by atoms with Gasteiger partial charge in [0, 0.05) is 16.1 Å². The summed E-state index contributed by atoms with van der Waals surface area (Å²) in [7, 11) is 0. The quantitative estimate of drug-likeness (QED) is 0.212. The van der Waals surface area contributed by atoms with Crippen LogP contribution >= 0.6 is 11.8 Å². The van der Waals surface area contributed by atoms with Crippen molar-refractivity contribution >= 4 is 38.9 Å². The number of benzene rings is 6. The smallest absolute Gasteiger partial charge is 0.0454 e. The fraction of sp³-hybridized carbons (Fsp3) is 0.0526. The highest BCUT2D eigenvalue weighted by Gasteiger charge is 2.37. The summed E-state index contributed by atoms with van der Waals surface area (Å²) < 4.78 is 0. The molecule has 8 rings (SSSR count). The van der Waals surface area contributed by atoms with E-state index in [0.29, 0.717) is 11.2 Å². The molecule has 0 aromatic heterocycles. The normalized spacial score (nSPS) is 17.7. The van der Waals surface area contributed by atoms with E-state index in [9.17, 15) is 0 Å². The molecule has 0 N–H and O–H groups in total. The van der Waals surface area contributed by atoms with E-state index >= 15 is 0 Å². The first kappa shape index (κ1) is 22.6. The van der Waals surface area contributed by atoms with Gasteiger partial charge in [-0.15, -0.1) is 11.8 Å². The third kappa shape index (κ3) is 3.69. The summed E-state index contributed by atoms with van der Waals surface area (Å²) in [4.78, 5) is 1.42. The maximum atomic E-state index is 2.41. The predicted octanol–water partition coefficient (Wildman–Crippen LogP) is 10.5. The highest BCUT2D eigenvalue weighted by molar-refractivity contribution is 8.01. The maximum Gasteiger partial charge on any atom is 0.0454 e. The summed E-state index contributed by atoms with van der Waals surface area (Å²) >= 11 is 2.04. The summed E-state index contributed by atoms with van der Waals surface area (Å²) in [5.41, 5.74) is 9.36. The summed E-state index contributed by atoms with van der Waals surface area (Å²) in [6, 6.07) is 46.6. The molecule has 1 heterocycles. The predicted molar refractivity (Wildman–Crippen MR) is 168 cm³/mol. The Morgan fingerprint density at radius 1 is 0.513 bits per heavy atom. The molecule has 0 saturated carbocycles. The largest absolute Gasteiger partial charge is 0.116 e. The molecule has 2 atom stereocenters. The monoisotopic (exact) mass is 514 g/mol. The summed E-state index contributed by atoms with van der Waals surface area (Å²) in [5, 5.41) is 5.66. The van der Waals surface area contributed by atoms with Crippen molar-refractivity contribution < 1.29 is 0 Å². The Morgan fingerprint density at radius 2 is 1.21 bits per heavy atom. The second-order valence-corrected chi connectivity index (χ2v) is 11.6. The van der Waals surface area contributed by atoms with Gasteiger partial charge in [0.15, 0.2) is 0 Å². The lowest BCUT2D eigenvalue weighted by Crippen LogP contribution is -2.13. The van der Waals surface area contributed by atoms with Gasteiger partial charge >= 0.3 is 0 Å². The SMILES string of the molecule is C1=CC2c3cccc(-c4ccc(-c5ccccc5)cc4)c3SC2C(c2cc3ccccc3c3ccccc23)=C1. The Kier molecular flexibility index (Phi) is 5.31. The van der Waals surface area contributed by atoms with E-state index in [4.69, 9.17) is 0 Å². The van der Waals surface area contributed by atoms with E-state index in [1.54, 1.807) is 0 Å². The van der Waals surface area contributed by atoms with Crippen molar-refractivity contribution in [2.24, 2.45) is 0 Å². The second kappa shape index (κ2) is 9.15. The molecule has 0 bridgehead atoms. The molecule has 2 aliphatic rings. The van der Waals surface area contributed by atoms with Crippen molar-refractivity contribution in [2.75, 3.05) is 0 Å². The third-order valence-electron chi connectivity index (χ3n) is 8.26. The van der Waals surface area contributed by atoms with Gasteiger partial charge in [0.05, 0.1) is 0 Å². The molecule has 6 aromatic rings. The van der Waals surface area contributed by atoms with E-state index in [2.05, 4.69) is 146 Å². The zero-order valence-corrected chi connectivity index (χ0v) is 22.2. The lowest BCUT2D eigenvalue weighted by atomic mass is 9.82. The molecule has 184 valence electrons. The van der Waals surface area contributed by atoms with E-state index in [-0.39, 0.29) is 0 Å². The van der Waals surface area contributed by atoms with Crippen LogP contribution in [0.4, 0.5) is 0 Å². The van der Waals surface area contributed by atoms with Crippen LogP contribution in [0.3, 0.4) is 0 Å². The highest BCUT2D eigenvalue weighted by atomic mass is 32.2. The minimum Gasteiger partial charge on any atom is -0.116 e. The van der Waals surface area contributed by atoms with Crippen molar-refractivity contribution in [1.82, 2.24) is 0 Å². The lowest BCUT2D eigenvalue weighted by molar-refractivity contribution is 0.894. The first-order valence-electron chi connectivity index (χ1n) is 13.6. The van der Waals surface area contributed by atoms with Crippen LogP contribution in [0.5, 0.6) is 0 Å². The van der Waals surface area contributed by atoms with Gasteiger partial charge in [0.2, 0.25) is 0 Å². The second-order valence-electron chi connectivity index (χ2n) is 10.4. The van der Waals surface area contributed by atoms with E-state index in [1.807, 2.05) is 11.8 Å². The summed E-state index contributed by atoms with van der Waals surface area (Å²) in [6.45, 7) is 0. The van der Waals surface area contributed by atoms with Crippen molar-refractivity contribution in [1.29, 1.82) is 0 Å². The number of fused-ring (bicyclic) bond motifs is 6. The van der Waals surface area contributed by atoms with Crippen LogP contribution in [-0.4, -0.2) is 5.25 Å². The van der Waals surface area contributed by atoms with Gasteiger partial charge < -0.3 is 0 Å². The standard InChI is InChI=1S/C38H26S/c1-2-10-25(11-3-1)26-20-22-27(23-21-26)30-16-8-17-33-34-18-9-19-35(38(34)39-37(30)33)36-24-28-12-4-5-13-29(28)31-14-6-7-15-32(31)36/h1-24,34,38H. The number of hydrogen-bond acceptors (Lipinski definition) is 1. The number of thioether (sulfide) groups is 1. The molecular formula is C38H26S. The molecule has 0 spiro atoms. The Morgan fingerprint density at radius 3 is 2.05 bits per heavy atom. The summed E-state index contributed by atoms with van der Waals surface area (Å²) in [5.74, 6) is 0.374. The number of allylic oxidation sites excluding steroid dienone is 3. The van der Waals surface area contributed by atoms with Crippen LogP contribution in [-0.2, 0) is 0 Å². The van der Waals surface area contributed by atoms with E-state index < -0.39 is 0 Å². The Bertz CT molecular complexity index is 1930. The van der Waals surface area contributed by atoms with Crippen molar-refractivity contribution in [3.63, 3.8) is 0 Å². The third-order valence-corrected chi connectivity index (χ3v) is 9.75.